The molecule has 3 saturated heterocycles. The van der Waals surface area contributed by atoms with Gasteiger partial charge in [-0.15, -0.1) is 11.8 Å². The minimum absolute atomic E-state index is 0.00500. The summed E-state index contributed by atoms with van der Waals surface area (Å²) in [5.74, 6) is -1.69. The highest BCUT2D eigenvalue weighted by Gasteiger charge is 2.58. The number of quaternary nitrogens is 1. The number of carboxylic acid groups (broad SMARTS) is 1. The molecule has 3 fully saturated rings. The Morgan fingerprint density at radius 2 is 2.15 bits per heavy atom. The number of aromatic nitrogens is 2. The van der Waals surface area contributed by atoms with E-state index < -0.39 is 40.8 Å². The van der Waals surface area contributed by atoms with Crippen LogP contribution in [0.25, 0.3) is 0 Å². The number of nitrogens with zero attached hydrogens (tertiary/aromatic N) is 4. The second kappa shape index (κ2) is 8.42. The molecule has 2 bridgehead atoms. The number of aliphatic hydroxyl groups is 1. The van der Waals surface area contributed by atoms with Crippen LogP contribution in [0.4, 0.5) is 5.13 Å². The predicted molar refractivity (Wildman–Crippen MR) is 121 cm³/mol. The highest BCUT2D eigenvalue weighted by atomic mass is 32.2. The van der Waals surface area contributed by atoms with Crippen molar-refractivity contribution in [2.75, 3.05) is 44.8 Å². The van der Waals surface area contributed by atoms with E-state index in [1.54, 1.807) is 0 Å². The molecule has 2 amide bonds. The Balaban J connectivity index is 1.32. The first kappa shape index (κ1) is 23.4. The molecule has 5 heterocycles. The zero-order chi connectivity index (χ0) is 24.3. The lowest BCUT2D eigenvalue weighted by Crippen LogP contribution is -2.71. The molecule has 0 saturated carbocycles. The van der Waals surface area contributed by atoms with Crippen molar-refractivity contribution in [2.24, 2.45) is 0 Å². The average molecular weight is 513 g/mol. The van der Waals surface area contributed by atoms with Crippen LogP contribution in [0.5, 0.6) is 0 Å². The number of aliphatic carboxylic acids is 1. The van der Waals surface area contributed by atoms with Gasteiger partial charge < -0.3 is 30.6 Å². The summed E-state index contributed by atoms with van der Waals surface area (Å²) >= 11 is 2.35. The predicted octanol–water partition coefficient (Wildman–Crippen LogP) is -1.59. The van der Waals surface area contributed by atoms with Crippen molar-refractivity contribution in [1.82, 2.24) is 25.1 Å². The summed E-state index contributed by atoms with van der Waals surface area (Å²) in [6, 6.07) is -1.97. The third-order valence-electron chi connectivity index (χ3n) is 7.02. The number of anilines is 1. The minimum atomic E-state index is -1.16. The van der Waals surface area contributed by atoms with Crippen molar-refractivity contribution in [1.29, 1.82) is 0 Å². The number of rotatable bonds is 8. The lowest BCUT2D eigenvalue weighted by molar-refractivity contribution is -0.904. The van der Waals surface area contributed by atoms with Gasteiger partial charge in [-0.2, -0.15) is 9.85 Å². The Morgan fingerprint density at radius 1 is 1.41 bits per heavy atom. The van der Waals surface area contributed by atoms with Crippen LogP contribution in [0, 0.1) is 0 Å². The molecule has 1 aromatic heterocycles. The van der Waals surface area contributed by atoms with Gasteiger partial charge in [0.2, 0.25) is 5.91 Å². The van der Waals surface area contributed by atoms with Gasteiger partial charge in [0.25, 0.3) is 5.91 Å². The number of hydroxylamine groups is 1. The lowest BCUT2D eigenvalue weighted by Gasteiger charge is -2.50. The van der Waals surface area contributed by atoms with Crippen LogP contribution in [0.1, 0.15) is 24.7 Å². The van der Waals surface area contributed by atoms with Gasteiger partial charge in [-0.1, -0.05) is 0 Å². The van der Waals surface area contributed by atoms with Crippen LogP contribution in [0.15, 0.2) is 11.3 Å². The van der Waals surface area contributed by atoms with E-state index in [0.717, 1.165) is 24.6 Å². The number of amides is 2. The number of nitrogens with one attached hydrogen (secondary N) is 2. The molecule has 3 atom stereocenters. The van der Waals surface area contributed by atoms with Gasteiger partial charge in [-0.3, -0.25) is 14.5 Å². The van der Waals surface area contributed by atoms with E-state index in [9.17, 15) is 24.6 Å². The third-order valence-corrected chi connectivity index (χ3v) is 8.92. The minimum Gasteiger partial charge on any atom is -0.477 e. The molecule has 4 aliphatic rings. The van der Waals surface area contributed by atoms with Gasteiger partial charge >= 0.3 is 5.97 Å². The fourth-order valence-corrected chi connectivity index (χ4v) is 7.24. The van der Waals surface area contributed by atoms with Crippen LogP contribution >= 0.6 is 23.3 Å². The van der Waals surface area contributed by atoms with Gasteiger partial charge in [0.05, 0.1) is 20.2 Å². The maximum atomic E-state index is 13.0. The Labute approximate surface area is 203 Å². The summed E-state index contributed by atoms with van der Waals surface area (Å²) < 4.78 is 4.68. The number of hydrogen-bond donors (Lipinski definition) is 5. The number of piperidine rings is 1. The number of nitrogen functional groups attached to an aromatic ring is 1. The number of β-lactam (4-membered cyclic amide) rings is 1. The third kappa shape index (κ3) is 3.85. The van der Waals surface area contributed by atoms with E-state index in [1.165, 1.54) is 23.8 Å². The number of carbonyl (C=O) groups excluding carboxylic acids is 2. The van der Waals surface area contributed by atoms with Gasteiger partial charge in [-0.05, 0) is 0 Å². The number of nitrogens with two attached hydrogens (primary N) is 1. The van der Waals surface area contributed by atoms with Crippen LogP contribution in [0.3, 0.4) is 0 Å². The molecule has 34 heavy (non-hydrogen) atoms. The maximum absolute atomic E-state index is 13.0. The highest BCUT2D eigenvalue weighted by molar-refractivity contribution is 8.00. The van der Waals surface area contributed by atoms with E-state index in [4.69, 9.17) is 10.6 Å². The molecule has 0 spiro atoms. The van der Waals surface area contributed by atoms with Crippen molar-refractivity contribution in [3.05, 3.63) is 17.1 Å². The summed E-state index contributed by atoms with van der Waals surface area (Å²) in [6.07, 6.45) is 1.43. The average Bonchev–Trinajstić information content (AvgIpc) is 3.47. The van der Waals surface area contributed by atoms with Crippen LogP contribution in [0.2, 0.25) is 0 Å². The van der Waals surface area contributed by atoms with E-state index in [0.29, 0.717) is 41.7 Å². The summed E-state index contributed by atoms with van der Waals surface area (Å²) in [4.78, 5) is 48.2. The zero-order valence-electron chi connectivity index (χ0n) is 18.4. The molecule has 0 aromatic carbocycles. The van der Waals surface area contributed by atoms with E-state index in [2.05, 4.69) is 20.2 Å². The Kier molecular flexibility index (Phi) is 5.81. The standard InChI is InChI=1S/C19H25N7O6S2/c1-32-23-10(13-22-18(20)34-24-13)14(27)21-11-15(28)25-12(17(29)30)9(7-33-16(11)25)6-26-4-2-19(31,8-26)3-5-26/h10-11,16,23,31H,2-8H2,1H3,(H3-,20,21,22,24,27,29,30)/p+1/t10?,11-,16+,19?,26?/m1/s1. The summed E-state index contributed by atoms with van der Waals surface area (Å²) in [6.45, 7) is 2.72. The SMILES string of the molecule is CONC(C(=O)N[C@@H]1C(=O)N2C(C(=O)O)=C(C[N+]34CCC(O)(CC3)C4)CS[C@@H]12)c1nsc(N)n1. The molecular formula is C19H26N7O6S2+. The molecule has 15 heteroatoms. The normalized spacial score (nSPS) is 33.0. The second-order valence-corrected chi connectivity index (χ2v) is 11.1. The summed E-state index contributed by atoms with van der Waals surface area (Å²) in [5, 5.41) is 22.8. The highest BCUT2D eigenvalue weighted by Crippen LogP contribution is 2.44. The van der Waals surface area contributed by atoms with E-state index in [1.807, 2.05) is 0 Å². The first-order chi connectivity index (χ1) is 16.2. The topological polar surface area (TPSA) is 180 Å². The monoisotopic (exact) mass is 512 g/mol. The molecule has 1 unspecified atom stereocenters. The maximum Gasteiger partial charge on any atom is 0.352 e. The lowest BCUT2D eigenvalue weighted by atomic mass is 10.00. The number of carboxylic acids is 1. The van der Waals surface area contributed by atoms with E-state index in [-0.39, 0.29) is 16.7 Å². The van der Waals surface area contributed by atoms with Gasteiger partial charge in [0.1, 0.15) is 35.8 Å². The van der Waals surface area contributed by atoms with Crippen LogP contribution in [-0.2, 0) is 19.2 Å². The van der Waals surface area contributed by atoms with Crippen molar-refractivity contribution in [2.45, 2.75) is 35.9 Å². The molecule has 4 aliphatic heterocycles. The number of carbonyl (C=O) groups is 3. The van der Waals surface area contributed by atoms with E-state index >= 15 is 0 Å². The van der Waals surface area contributed by atoms with Crippen LogP contribution in [-0.4, -0.2) is 103 Å². The largest absolute Gasteiger partial charge is 0.477 e. The van der Waals surface area contributed by atoms with Crippen LogP contribution < -0.4 is 16.5 Å². The first-order valence-corrected chi connectivity index (χ1v) is 12.6. The fraction of sp³-hybridized carbons (Fsp3) is 0.632. The van der Waals surface area contributed by atoms with Gasteiger partial charge in [-0.25, -0.2) is 9.78 Å². The summed E-state index contributed by atoms with van der Waals surface area (Å²) in [5.41, 5.74) is 8.15. The Bertz CT molecular complexity index is 1070. The van der Waals surface area contributed by atoms with Crippen molar-refractivity contribution in [3.8, 4) is 0 Å². The first-order valence-electron chi connectivity index (χ1n) is 10.8. The number of thioether (sulfide) groups is 1. The molecule has 184 valence electrons. The quantitative estimate of drug-likeness (QED) is 0.154. The smallest absolute Gasteiger partial charge is 0.352 e. The van der Waals surface area contributed by atoms with Crippen molar-refractivity contribution in [3.63, 3.8) is 0 Å². The molecule has 5 rings (SSSR count). The molecule has 0 radical (unpaired) electrons. The number of hydrogen-bond acceptors (Lipinski definition) is 11. The Morgan fingerprint density at radius 3 is 2.71 bits per heavy atom. The number of fused-ring (bicyclic) bond motifs is 3. The van der Waals surface area contributed by atoms with Gasteiger partial charge in [0.15, 0.2) is 17.0 Å². The molecule has 1 aromatic rings. The van der Waals surface area contributed by atoms with Crippen molar-refractivity contribution < 1.29 is 33.9 Å². The summed E-state index contributed by atoms with van der Waals surface area (Å²) in [7, 11) is 1.34. The molecular weight excluding hydrogens is 486 g/mol. The van der Waals surface area contributed by atoms with Gasteiger partial charge in [0, 0.05) is 35.7 Å². The van der Waals surface area contributed by atoms with Crippen molar-refractivity contribution >= 4 is 46.2 Å². The second-order valence-electron chi connectivity index (χ2n) is 9.23. The Hall–Kier alpha value is -2.30. The molecule has 13 nitrogen and oxygen atoms in total. The molecule has 0 aliphatic carbocycles. The fourth-order valence-electron chi connectivity index (χ4n) is 5.43. The zero-order valence-corrected chi connectivity index (χ0v) is 20.0. The molecule has 6 N–H and O–H groups in total.